The van der Waals surface area contributed by atoms with Crippen LogP contribution in [0.3, 0.4) is 0 Å². The van der Waals surface area contributed by atoms with Crippen molar-refractivity contribution in [2.24, 2.45) is 5.10 Å². The van der Waals surface area contributed by atoms with Crippen molar-refractivity contribution in [3.05, 3.63) is 44.5 Å². The molecule has 0 saturated heterocycles. The van der Waals surface area contributed by atoms with Gasteiger partial charge in [0.15, 0.2) is 16.3 Å². The average Bonchev–Trinajstić information content (AvgIpc) is 3.11. The number of nitrogens with zero attached hydrogens (tertiary/aromatic N) is 2. The van der Waals surface area contributed by atoms with E-state index in [-0.39, 0.29) is 28.0 Å². The van der Waals surface area contributed by atoms with Crippen molar-refractivity contribution in [3.63, 3.8) is 0 Å². The first-order valence-corrected chi connectivity index (χ1v) is 9.12. The second-order valence-electron chi connectivity index (χ2n) is 6.34. The van der Waals surface area contributed by atoms with E-state index in [4.69, 9.17) is 17.0 Å². The summed E-state index contributed by atoms with van der Waals surface area (Å²) in [5.41, 5.74) is 3.93. The standard InChI is InChI=1S/C18H22N4O4S/c1-3-4-7-22-17(25)15(16(24)19-18(22)27)12-9-11(20-21-12)10-5-6-13(23)14(8-10)26-2/h5-6,8,11,20,23,25H,3-4,7,9H2,1-2H3,(H,19,24,27)/t11-/m0/s1. The highest BCUT2D eigenvalue weighted by Crippen LogP contribution is 2.32. The van der Waals surface area contributed by atoms with Crippen LogP contribution in [0.2, 0.25) is 0 Å². The fourth-order valence-corrected chi connectivity index (χ4v) is 3.32. The van der Waals surface area contributed by atoms with Gasteiger partial charge in [-0.25, -0.2) is 0 Å². The SMILES string of the molecule is CCCCn1c(O)c(C2=NN[C@H](c3ccc(O)c(OC)c3)C2)c(=O)[nH]c1=S. The highest BCUT2D eigenvalue weighted by Gasteiger charge is 2.27. The molecule has 0 bridgehead atoms. The molecule has 27 heavy (non-hydrogen) atoms. The lowest BCUT2D eigenvalue weighted by Crippen LogP contribution is -2.22. The van der Waals surface area contributed by atoms with Crippen LogP contribution in [-0.2, 0) is 6.54 Å². The molecule has 0 aliphatic carbocycles. The molecule has 0 fully saturated rings. The first-order valence-electron chi connectivity index (χ1n) is 8.71. The monoisotopic (exact) mass is 390 g/mol. The number of hydrogen-bond acceptors (Lipinski definition) is 7. The number of phenols is 1. The fraction of sp³-hybridized carbons (Fsp3) is 0.389. The Bertz CT molecular complexity index is 996. The maximum Gasteiger partial charge on any atom is 0.264 e. The van der Waals surface area contributed by atoms with Crippen LogP contribution >= 0.6 is 12.2 Å². The Balaban J connectivity index is 1.91. The van der Waals surface area contributed by atoms with Crippen LogP contribution in [0.5, 0.6) is 17.4 Å². The lowest BCUT2D eigenvalue weighted by atomic mass is 9.99. The Labute approximate surface area is 161 Å². The van der Waals surface area contributed by atoms with E-state index in [0.29, 0.717) is 24.4 Å². The molecule has 0 radical (unpaired) electrons. The number of aromatic amines is 1. The molecule has 0 saturated carbocycles. The van der Waals surface area contributed by atoms with Gasteiger partial charge in [0.1, 0.15) is 5.56 Å². The molecule has 1 aliphatic heterocycles. The third-order valence-electron chi connectivity index (χ3n) is 4.55. The van der Waals surface area contributed by atoms with Gasteiger partial charge < -0.3 is 20.4 Å². The number of rotatable bonds is 6. The van der Waals surface area contributed by atoms with Crippen LogP contribution in [-0.4, -0.2) is 32.6 Å². The van der Waals surface area contributed by atoms with Crippen molar-refractivity contribution in [1.82, 2.24) is 15.0 Å². The zero-order valence-corrected chi connectivity index (χ0v) is 16.0. The fourth-order valence-electron chi connectivity index (χ4n) is 3.05. The Hall–Kier alpha value is -2.81. The van der Waals surface area contributed by atoms with Crippen LogP contribution in [0.4, 0.5) is 0 Å². The summed E-state index contributed by atoms with van der Waals surface area (Å²) in [5, 5.41) is 24.6. The Kier molecular flexibility index (Phi) is 5.50. The molecule has 4 N–H and O–H groups in total. The molecule has 2 heterocycles. The lowest BCUT2D eigenvalue weighted by Gasteiger charge is -2.13. The van der Waals surface area contributed by atoms with Gasteiger partial charge in [-0.2, -0.15) is 5.10 Å². The normalized spacial score (nSPS) is 16.1. The van der Waals surface area contributed by atoms with Gasteiger partial charge in [-0.05, 0) is 36.3 Å². The number of aromatic nitrogens is 2. The molecule has 0 spiro atoms. The van der Waals surface area contributed by atoms with E-state index >= 15 is 0 Å². The maximum absolute atomic E-state index is 12.4. The predicted octanol–water partition coefficient (Wildman–Crippen LogP) is 2.56. The third-order valence-corrected chi connectivity index (χ3v) is 4.88. The van der Waals surface area contributed by atoms with Gasteiger partial charge in [0.05, 0.1) is 18.9 Å². The minimum atomic E-state index is -0.463. The molecule has 1 aliphatic rings. The molecule has 9 heteroatoms. The molecule has 0 amide bonds. The first kappa shape index (κ1) is 19.0. The topological polar surface area (TPSA) is 112 Å². The summed E-state index contributed by atoms with van der Waals surface area (Å²) in [4.78, 5) is 15.0. The number of benzene rings is 1. The summed E-state index contributed by atoms with van der Waals surface area (Å²) in [7, 11) is 1.48. The quantitative estimate of drug-likeness (QED) is 0.564. The zero-order chi connectivity index (χ0) is 19.6. The van der Waals surface area contributed by atoms with Crippen molar-refractivity contribution in [1.29, 1.82) is 0 Å². The van der Waals surface area contributed by atoms with Crippen molar-refractivity contribution in [2.45, 2.75) is 38.8 Å². The average molecular weight is 390 g/mol. The molecule has 1 aromatic carbocycles. The van der Waals surface area contributed by atoms with E-state index in [2.05, 4.69) is 15.5 Å². The van der Waals surface area contributed by atoms with Crippen molar-refractivity contribution >= 4 is 17.9 Å². The van der Waals surface area contributed by atoms with Crippen LogP contribution < -0.4 is 15.7 Å². The smallest absolute Gasteiger partial charge is 0.264 e. The minimum Gasteiger partial charge on any atom is -0.504 e. The van der Waals surface area contributed by atoms with Crippen LogP contribution in [0.15, 0.2) is 28.1 Å². The second kappa shape index (κ2) is 7.83. The van der Waals surface area contributed by atoms with Gasteiger partial charge in [0, 0.05) is 13.0 Å². The van der Waals surface area contributed by atoms with Gasteiger partial charge in [-0.3, -0.25) is 14.3 Å². The first-order chi connectivity index (χ1) is 13.0. The van der Waals surface area contributed by atoms with Gasteiger partial charge in [0.2, 0.25) is 5.88 Å². The molecule has 0 unspecified atom stereocenters. The number of methoxy groups -OCH3 is 1. The number of unbranched alkanes of at least 4 members (excludes halogenated alkanes) is 1. The summed E-state index contributed by atoms with van der Waals surface area (Å²) < 4.78 is 6.85. The second-order valence-corrected chi connectivity index (χ2v) is 6.73. The summed E-state index contributed by atoms with van der Waals surface area (Å²) in [6.07, 6.45) is 2.16. The predicted molar refractivity (Wildman–Crippen MR) is 104 cm³/mol. The van der Waals surface area contributed by atoms with E-state index in [1.165, 1.54) is 11.7 Å². The van der Waals surface area contributed by atoms with Crippen molar-refractivity contribution in [3.8, 4) is 17.4 Å². The number of hydrazone groups is 1. The number of nitrogens with one attached hydrogen (secondary N) is 2. The molecule has 8 nitrogen and oxygen atoms in total. The summed E-state index contributed by atoms with van der Waals surface area (Å²) >= 11 is 5.17. The molecule has 1 aromatic heterocycles. The Morgan fingerprint density at radius 1 is 1.41 bits per heavy atom. The minimum absolute atomic E-state index is 0.0486. The molecule has 3 rings (SSSR count). The highest BCUT2D eigenvalue weighted by molar-refractivity contribution is 7.71. The van der Waals surface area contributed by atoms with Gasteiger partial charge in [-0.1, -0.05) is 19.4 Å². The lowest BCUT2D eigenvalue weighted by molar-refractivity contribution is 0.372. The van der Waals surface area contributed by atoms with E-state index in [1.807, 2.05) is 6.92 Å². The number of hydrogen-bond donors (Lipinski definition) is 4. The van der Waals surface area contributed by atoms with E-state index in [1.54, 1.807) is 18.2 Å². The maximum atomic E-state index is 12.4. The zero-order valence-electron chi connectivity index (χ0n) is 15.2. The number of ether oxygens (including phenoxy) is 1. The molecular formula is C18H22N4O4S. The van der Waals surface area contributed by atoms with Crippen molar-refractivity contribution < 1.29 is 14.9 Å². The highest BCUT2D eigenvalue weighted by atomic mass is 32.1. The summed E-state index contributed by atoms with van der Waals surface area (Å²) in [6.45, 7) is 2.55. The van der Waals surface area contributed by atoms with Crippen LogP contribution in [0.25, 0.3) is 0 Å². The largest absolute Gasteiger partial charge is 0.504 e. The third kappa shape index (κ3) is 3.68. The van der Waals surface area contributed by atoms with Gasteiger partial charge in [0.25, 0.3) is 5.56 Å². The molecule has 144 valence electrons. The van der Waals surface area contributed by atoms with Crippen LogP contribution in [0, 0.1) is 4.77 Å². The number of phenolic OH excluding ortho intramolecular Hbond substituents is 1. The van der Waals surface area contributed by atoms with E-state index in [0.717, 1.165) is 18.4 Å². The van der Waals surface area contributed by atoms with Gasteiger partial charge >= 0.3 is 0 Å². The number of aromatic hydroxyl groups is 2. The van der Waals surface area contributed by atoms with E-state index in [9.17, 15) is 15.0 Å². The van der Waals surface area contributed by atoms with Gasteiger partial charge in [-0.15, -0.1) is 0 Å². The summed E-state index contributed by atoms with van der Waals surface area (Å²) in [6, 6.07) is 4.80. The Morgan fingerprint density at radius 2 is 2.19 bits per heavy atom. The van der Waals surface area contributed by atoms with Crippen molar-refractivity contribution in [2.75, 3.05) is 7.11 Å². The van der Waals surface area contributed by atoms with E-state index < -0.39 is 5.56 Å². The summed E-state index contributed by atoms with van der Waals surface area (Å²) in [5.74, 6) is 0.241. The number of H-pyrrole nitrogens is 1. The van der Waals surface area contributed by atoms with Crippen LogP contribution in [0.1, 0.15) is 43.4 Å². The molecule has 2 aromatic rings. The Morgan fingerprint density at radius 3 is 2.89 bits per heavy atom. The molecular weight excluding hydrogens is 368 g/mol. The molecule has 1 atom stereocenters.